The van der Waals surface area contributed by atoms with Gasteiger partial charge in [-0.25, -0.2) is 4.79 Å². The van der Waals surface area contributed by atoms with Crippen LogP contribution >= 0.6 is 0 Å². The summed E-state index contributed by atoms with van der Waals surface area (Å²) in [5, 5.41) is 17.6. The smallest absolute Gasteiger partial charge is 0.330 e. The lowest BCUT2D eigenvalue weighted by molar-refractivity contribution is -0.132. The Kier molecular flexibility index (Phi) is 8.71. The molecule has 0 saturated carbocycles. The number of hydrogen-bond acceptors (Lipinski definition) is 4. The van der Waals surface area contributed by atoms with E-state index in [9.17, 15) is 9.90 Å². The number of aliphatic hydroxyl groups is 1. The maximum absolute atomic E-state index is 9.72. The van der Waals surface area contributed by atoms with Crippen molar-refractivity contribution in [3.63, 3.8) is 0 Å². The average Bonchev–Trinajstić information content (AvgIpc) is 2.60. The van der Waals surface area contributed by atoms with Gasteiger partial charge in [-0.3, -0.25) is 0 Å². The zero-order chi connectivity index (χ0) is 17.8. The van der Waals surface area contributed by atoms with Gasteiger partial charge in [-0.15, -0.1) is 0 Å². The second-order valence-electron chi connectivity index (χ2n) is 4.99. The molecule has 0 heterocycles. The van der Waals surface area contributed by atoms with Crippen molar-refractivity contribution >= 4 is 5.97 Å². The summed E-state index contributed by atoms with van der Waals surface area (Å²) in [6.45, 7) is 5.04. The topological polar surface area (TPSA) is 76.0 Å². The molecule has 0 spiro atoms. The number of ether oxygens (including phenoxy) is 2. The molecule has 0 atom stereocenters. The molecule has 0 saturated heterocycles. The second kappa shape index (κ2) is 10.9. The van der Waals surface area contributed by atoms with E-state index in [0.717, 1.165) is 11.5 Å². The van der Waals surface area contributed by atoms with Crippen molar-refractivity contribution in [1.29, 1.82) is 0 Å². The maximum atomic E-state index is 9.72. The highest BCUT2D eigenvalue weighted by Gasteiger charge is 2.06. The van der Waals surface area contributed by atoms with Gasteiger partial charge in [-0.05, 0) is 31.2 Å². The summed E-state index contributed by atoms with van der Waals surface area (Å²) in [5.41, 5.74) is 0.176. The fraction of sp³-hybridized carbons (Fsp3) is 0.211. The Morgan fingerprint density at radius 1 is 0.958 bits per heavy atom. The van der Waals surface area contributed by atoms with Crippen LogP contribution in [0.5, 0.6) is 11.5 Å². The first-order valence-electron chi connectivity index (χ1n) is 7.41. The molecule has 0 aliphatic carbocycles. The average molecular weight is 330 g/mol. The number of carboxylic acid groups (broad SMARTS) is 1. The molecule has 0 aliphatic rings. The van der Waals surface area contributed by atoms with Crippen molar-refractivity contribution in [2.45, 2.75) is 13.0 Å². The van der Waals surface area contributed by atoms with Crippen LogP contribution in [-0.2, 0) is 4.79 Å². The van der Waals surface area contributed by atoms with E-state index in [1.807, 2.05) is 60.7 Å². The predicted molar refractivity (Wildman–Crippen MR) is 92.3 cm³/mol. The van der Waals surface area contributed by atoms with Crippen LogP contribution in [0, 0.1) is 0 Å². The van der Waals surface area contributed by atoms with Crippen LogP contribution in [0.2, 0.25) is 0 Å². The van der Waals surface area contributed by atoms with E-state index < -0.39 is 12.1 Å². The summed E-state index contributed by atoms with van der Waals surface area (Å²) in [6.07, 6.45) is -0.648. The molecule has 128 valence electrons. The lowest BCUT2D eigenvalue weighted by atomic mass is 10.3. The van der Waals surface area contributed by atoms with E-state index in [4.69, 9.17) is 14.6 Å². The van der Waals surface area contributed by atoms with E-state index in [0.29, 0.717) is 0 Å². The molecule has 2 N–H and O–H groups in total. The Balaban J connectivity index is 0.000000413. The molecule has 2 rings (SSSR count). The van der Waals surface area contributed by atoms with E-state index >= 15 is 0 Å². The van der Waals surface area contributed by atoms with Gasteiger partial charge in [0.25, 0.3) is 0 Å². The molecule has 0 aromatic heterocycles. The molecular weight excluding hydrogens is 308 g/mol. The van der Waals surface area contributed by atoms with Gasteiger partial charge in [-0.1, -0.05) is 43.0 Å². The highest BCUT2D eigenvalue weighted by Crippen LogP contribution is 2.10. The first-order valence-corrected chi connectivity index (χ1v) is 7.41. The van der Waals surface area contributed by atoms with Crippen molar-refractivity contribution in [2.24, 2.45) is 0 Å². The van der Waals surface area contributed by atoms with E-state index in [2.05, 4.69) is 6.58 Å². The molecule has 0 fully saturated rings. The summed E-state index contributed by atoms with van der Waals surface area (Å²) in [7, 11) is 0. The van der Waals surface area contributed by atoms with E-state index in [-0.39, 0.29) is 18.8 Å². The molecular formula is C19H22O5. The van der Waals surface area contributed by atoms with Crippen LogP contribution in [0.4, 0.5) is 0 Å². The first-order chi connectivity index (χ1) is 11.5. The molecule has 5 nitrogen and oxygen atoms in total. The van der Waals surface area contributed by atoms with Gasteiger partial charge in [0.2, 0.25) is 0 Å². The largest absolute Gasteiger partial charge is 0.491 e. The molecule has 24 heavy (non-hydrogen) atoms. The molecule has 2 aromatic rings. The quantitative estimate of drug-likeness (QED) is 0.763. The molecule has 5 heteroatoms. The monoisotopic (exact) mass is 330 g/mol. The Bertz CT molecular complexity index is 555. The first kappa shape index (κ1) is 19.3. The van der Waals surface area contributed by atoms with Gasteiger partial charge >= 0.3 is 5.97 Å². The molecule has 0 aliphatic heterocycles. The molecule has 0 bridgehead atoms. The number of carbonyl (C=O) groups is 1. The Morgan fingerprint density at radius 3 is 1.58 bits per heavy atom. The van der Waals surface area contributed by atoms with Crippen molar-refractivity contribution in [3.05, 3.63) is 72.8 Å². The fourth-order valence-electron chi connectivity index (χ4n) is 1.47. The van der Waals surface area contributed by atoms with Gasteiger partial charge in [-0.2, -0.15) is 0 Å². The number of hydrogen-bond donors (Lipinski definition) is 2. The van der Waals surface area contributed by atoms with Crippen LogP contribution < -0.4 is 9.47 Å². The Hall–Kier alpha value is -2.79. The minimum absolute atomic E-state index is 0.176. The van der Waals surface area contributed by atoms with Gasteiger partial charge in [0.1, 0.15) is 30.8 Å². The van der Waals surface area contributed by atoms with Crippen molar-refractivity contribution in [3.8, 4) is 11.5 Å². The fourth-order valence-corrected chi connectivity index (χ4v) is 1.47. The van der Waals surface area contributed by atoms with Gasteiger partial charge < -0.3 is 19.7 Å². The lowest BCUT2D eigenvalue weighted by Crippen LogP contribution is -2.25. The number of aliphatic carboxylic acids is 1. The van der Waals surface area contributed by atoms with Gasteiger partial charge in [0, 0.05) is 5.57 Å². The lowest BCUT2D eigenvalue weighted by Gasteiger charge is -2.13. The van der Waals surface area contributed by atoms with Crippen LogP contribution in [-0.4, -0.2) is 35.5 Å². The Labute approximate surface area is 141 Å². The highest BCUT2D eigenvalue weighted by atomic mass is 16.5. The summed E-state index contributed by atoms with van der Waals surface area (Å²) in [5.74, 6) is 0.558. The highest BCUT2D eigenvalue weighted by molar-refractivity contribution is 5.84. The van der Waals surface area contributed by atoms with Crippen molar-refractivity contribution in [2.75, 3.05) is 13.2 Å². The normalized spacial score (nSPS) is 9.62. The maximum Gasteiger partial charge on any atom is 0.330 e. The number of aliphatic hydroxyl groups excluding tert-OH is 1. The summed E-state index contributed by atoms with van der Waals surface area (Å²) in [4.78, 5) is 9.60. The van der Waals surface area contributed by atoms with E-state index in [1.54, 1.807) is 0 Å². The van der Waals surface area contributed by atoms with Crippen molar-refractivity contribution in [1.82, 2.24) is 0 Å². The third kappa shape index (κ3) is 8.60. The standard InChI is InChI=1S/C15H16O3.C4H6O2/c16-13(11-17-14-7-3-1-4-8-14)12-18-15-9-5-2-6-10-15;1-3(2)4(5)6/h1-10,13,16H,11-12H2;1H2,2H3,(H,5,6). The molecule has 2 aromatic carbocycles. The number of rotatable bonds is 7. The molecule has 0 unspecified atom stereocenters. The van der Waals surface area contributed by atoms with Gasteiger partial charge in [0.05, 0.1) is 0 Å². The third-order valence-electron chi connectivity index (χ3n) is 2.74. The van der Waals surface area contributed by atoms with Gasteiger partial charge in [0.15, 0.2) is 0 Å². The Morgan fingerprint density at radius 2 is 1.29 bits per heavy atom. The predicted octanol–water partition coefficient (Wildman–Crippen LogP) is 3.15. The number of carboxylic acids is 1. The van der Waals surface area contributed by atoms with Crippen LogP contribution in [0.3, 0.4) is 0 Å². The zero-order valence-electron chi connectivity index (χ0n) is 13.6. The van der Waals surface area contributed by atoms with Crippen molar-refractivity contribution < 1.29 is 24.5 Å². The SMILES string of the molecule is C=C(C)C(=O)O.OC(COc1ccccc1)COc1ccccc1. The number of para-hydroxylation sites is 2. The minimum atomic E-state index is -0.935. The molecule has 0 radical (unpaired) electrons. The minimum Gasteiger partial charge on any atom is -0.491 e. The summed E-state index contributed by atoms with van der Waals surface area (Å²) >= 11 is 0. The third-order valence-corrected chi connectivity index (χ3v) is 2.74. The van der Waals surface area contributed by atoms with Crippen LogP contribution in [0.1, 0.15) is 6.92 Å². The summed E-state index contributed by atoms with van der Waals surface area (Å²) < 4.78 is 10.9. The zero-order valence-corrected chi connectivity index (χ0v) is 13.6. The summed E-state index contributed by atoms with van der Waals surface area (Å²) in [6, 6.07) is 18.8. The van der Waals surface area contributed by atoms with Crippen LogP contribution in [0.15, 0.2) is 72.8 Å². The number of benzene rings is 2. The van der Waals surface area contributed by atoms with Crippen LogP contribution in [0.25, 0.3) is 0 Å². The van der Waals surface area contributed by atoms with E-state index in [1.165, 1.54) is 6.92 Å². The second-order valence-corrected chi connectivity index (χ2v) is 4.99. The molecule has 0 amide bonds.